The minimum absolute atomic E-state index is 0.301. The summed E-state index contributed by atoms with van der Waals surface area (Å²) in [4.78, 5) is 46.5. The Morgan fingerprint density at radius 1 is 1.26 bits per heavy atom. The maximum atomic E-state index is 11.7. The highest BCUT2D eigenvalue weighted by molar-refractivity contribution is 5.95. The van der Waals surface area contributed by atoms with E-state index in [9.17, 15) is 19.2 Å². The van der Waals surface area contributed by atoms with Gasteiger partial charge >= 0.3 is 17.6 Å². The van der Waals surface area contributed by atoms with Gasteiger partial charge in [0.2, 0.25) is 0 Å². The molecule has 3 N–H and O–H groups in total. The molecule has 1 aromatic rings. The van der Waals surface area contributed by atoms with Gasteiger partial charge in [-0.1, -0.05) is 0 Å². The predicted molar refractivity (Wildman–Crippen MR) is 76.3 cm³/mol. The molecule has 1 aromatic heterocycles. The summed E-state index contributed by atoms with van der Waals surface area (Å²) >= 11 is 0. The zero-order valence-corrected chi connectivity index (χ0v) is 12.8. The van der Waals surface area contributed by atoms with E-state index in [2.05, 4.69) is 4.98 Å². The van der Waals surface area contributed by atoms with Crippen molar-refractivity contribution in [3.63, 3.8) is 0 Å². The summed E-state index contributed by atoms with van der Waals surface area (Å²) in [5.74, 6) is -3.24. The van der Waals surface area contributed by atoms with E-state index in [1.54, 1.807) is 6.92 Å². The van der Waals surface area contributed by atoms with E-state index in [4.69, 9.17) is 19.7 Å². The highest BCUT2D eigenvalue weighted by Crippen LogP contribution is 2.09. The molecule has 0 amide bonds. The molecule has 1 rings (SSSR count). The van der Waals surface area contributed by atoms with E-state index >= 15 is 0 Å². The molecule has 10 nitrogen and oxygen atoms in total. The molecule has 0 aliphatic rings. The first-order valence-electron chi connectivity index (χ1n) is 6.68. The van der Waals surface area contributed by atoms with E-state index in [0.717, 1.165) is 4.57 Å². The Hall–Kier alpha value is -2.46. The maximum absolute atomic E-state index is 11.7. The van der Waals surface area contributed by atoms with Crippen molar-refractivity contribution in [2.75, 3.05) is 6.61 Å². The quantitative estimate of drug-likeness (QED) is 0.531. The first-order chi connectivity index (χ1) is 10.6. The number of hydrogen-bond acceptors (Lipinski definition) is 6. The number of ether oxygens (including phenoxy) is 2. The molecule has 2 unspecified atom stereocenters. The van der Waals surface area contributed by atoms with Crippen LogP contribution < -0.4 is 11.2 Å². The highest BCUT2D eigenvalue weighted by atomic mass is 16.6. The number of carboxylic acids is 2. The second-order valence-electron chi connectivity index (χ2n) is 4.91. The van der Waals surface area contributed by atoms with Gasteiger partial charge in [0, 0.05) is 11.8 Å². The number of nitrogens with zero attached hydrogens (tertiary/aromatic N) is 1. The number of aliphatic carboxylic acids is 2. The minimum atomic E-state index is -1.99. The Kier molecular flexibility index (Phi) is 6.22. The number of rotatable bonds is 8. The lowest BCUT2D eigenvalue weighted by molar-refractivity contribution is -0.169. The van der Waals surface area contributed by atoms with Gasteiger partial charge in [-0.15, -0.1) is 0 Å². The molecule has 0 aromatic carbocycles. The van der Waals surface area contributed by atoms with Crippen molar-refractivity contribution >= 4 is 11.9 Å². The van der Waals surface area contributed by atoms with Gasteiger partial charge in [0.25, 0.3) is 11.7 Å². The average Bonchev–Trinajstić information content (AvgIpc) is 2.41. The molecule has 0 aliphatic carbocycles. The molecule has 0 spiro atoms. The second kappa shape index (κ2) is 7.70. The van der Waals surface area contributed by atoms with Crippen molar-refractivity contribution in [3.8, 4) is 0 Å². The fraction of sp³-hybridized carbons (Fsp3) is 0.538. The number of aryl methyl sites for hydroxylation is 1. The molecule has 0 aliphatic heterocycles. The van der Waals surface area contributed by atoms with Crippen molar-refractivity contribution in [1.82, 2.24) is 9.55 Å². The Bertz CT molecular complexity index is 678. The summed E-state index contributed by atoms with van der Waals surface area (Å²) in [6.07, 6.45) is -2.12. The highest BCUT2D eigenvalue weighted by Gasteiger charge is 2.27. The van der Waals surface area contributed by atoms with Crippen molar-refractivity contribution in [2.45, 2.75) is 39.2 Å². The summed E-state index contributed by atoms with van der Waals surface area (Å²) in [7, 11) is 0. The van der Waals surface area contributed by atoms with Crippen LogP contribution in [0.1, 0.15) is 25.6 Å². The number of carboxylic acid groups (broad SMARTS) is 2. The molecule has 0 bridgehead atoms. The molecule has 0 fully saturated rings. The van der Waals surface area contributed by atoms with Gasteiger partial charge in [-0.2, -0.15) is 0 Å². The third-order valence-corrected chi connectivity index (χ3v) is 2.91. The number of hydrogen-bond donors (Lipinski definition) is 3. The molecule has 0 radical (unpaired) electrons. The van der Waals surface area contributed by atoms with Crippen LogP contribution in [0.3, 0.4) is 0 Å². The third-order valence-electron chi connectivity index (χ3n) is 2.91. The van der Waals surface area contributed by atoms with Crippen molar-refractivity contribution in [3.05, 3.63) is 32.6 Å². The van der Waals surface area contributed by atoms with E-state index < -0.39 is 41.6 Å². The monoisotopic (exact) mass is 330 g/mol. The third kappa shape index (κ3) is 5.04. The largest absolute Gasteiger partial charge is 0.479 e. The van der Waals surface area contributed by atoms with Gasteiger partial charge in [0.05, 0.1) is 12.7 Å². The molecule has 0 saturated carbocycles. The topological polar surface area (TPSA) is 148 Å². The van der Waals surface area contributed by atoms with Crippen molar-refractivity contribution < 1.29 is 29.3 Å². The molecule has 2 atom stereocenters. The molecule has 128 valence electrons. The first-order valence-corrected chi connectivity index (χ1v) is 6.68. The van der Waals surface area contributed by atoms with Gasteiger partial charge < -0.3 is 19.7 Å². The van der Waals surface area contributed by atoms with Gasteiger partial charge in [0.1, 0.15) is 6.23 Å². The SMILES string of the molecule is Cc1cn(C(C)OC(C)COC(C(=O)O)C(=O)O)c(=O)[nH]c1=O. The van der Waals surface area contributed by atoms with E-state index in [-0.39, 0.29) is 6.61 Å². The van der Waals surface area contributed by atoms with Gasteiger partial charge in [-0.25, -0.2) is 14.4 Å². The molecule has 23 heavy (non-hydrogen) atoms. The van der Waals surface area contributed by atoms with Crippen LogP contribution in [-0.4, -0.2) is 50.5 Å². The van der Waals surface area contributed by atoms with Crippen LogP contribution in [0, 0.1) is 6.92 Å². The van der Waals surface area contributed by atoms with Crippen LogP contribution in [0.25, 0.3) is 0 Å². The van der Waals surface area contributed by atoms with Crippen LogP contribution in [0.2, 0.25) is 0 Å². The Balaban J connectivity index is 2.70. The second-order valence-corrected chi connectivity index (χ2v) is 4.91. The molecule has 1 heterocycles. The number of H-pyrrole nitrogens is 1. The lowest BCUT2D eigenvalue weighted by Gasteiger charge is -2.21. The fourth-order valence-electron chi connectivity index (χ4n) is 1.78. The van der Waals surface area contributed by atoms with Gasteiger partial charge in [-0.05, 0) is 20.8 Å². The standard InChI is InChI=1S/C13H18N2O8/c1-6-4-15(13(21)14-10(6)16)8(3)23-7(2)5-22-9(11(17)18)12(19)20/h4,7-9H,5H2,1-3H3,(H,17,18)(H,19,20)(H,14,16,21). The summed E-state index contributed by atoms with van der Waals surface area (Å²) in [6.45, 7) is 4.30. The average molecular weight is 330 g/mol. The summed E-state index contributed by atoms with van der Waals surface area (Å²) in [6, 6.07) is 0. The van der Waals surface area contributed by atoms with Crippen LogP contribution in [0.15, 0.2) is 15.8 Å². The number of aromatic amines is 1. The maximum Gasteiger partial charge on any atom is 0.344 e. The molecule has 0 saturated heterocycles. The fourth-order valence-corrected chi connectivity index (χ4v) is 1.78. The van der Waals surface area contributed by atoms with E-state index in [0.29, 0.717) is 5.56 Å². The zero-order valence-electron chi connectivity index (χ0n) is 12.8. The summed E-state index contributed by atoms with van der Waals surface area (Å²) in [5, 5.41) is 17.4. The number of carbonyl (C=O) groups is 2. The first kappa shape index (κ1) is 18.6. The smallest absolute Gasteiger partial charge is 0.344 e. The van der Waals surface area contributed by atoms with Crippen molar-refractivity contribution in [1.29, 1.82) is 0 Å². The zero-order chi connectivity index (χ0) is 17.7. The molecular formula is C13H18N2O8. The van der Waals surface area contributed by atoms with E-state index in [1.807, 2.05) is 0 Å². The van der Waals surface area contributed by atoms with Crippen LogP contribution in [-0.2, 0) is 19.1 Å². The number of nitrogens with one attached hydrogen (secondary N) is 1. The normalized spacial score (nSPS) is 13.7. The Morgan fingerprint density at radius 2 is 1.83 bits per heavy atom. The van der Waals surface area contributed by atoms with Gasteiger partial charge in [0.15, 0.2) is 0 Å². The molecule has 10 heteroatoms. The minimum Gasteiger partial charge on any atom is -0.479 e. The lowest BCUT2D eigenvalue weighted by atomic mass is 10.3. The summed E-state index contributed by atoms with van der Waals surface area (Å²) in [5.41, 5.74) is -0.837. The van der Waals surface area contributed by atoms with Crippen LogP contribution in [0.4, 0.5) is 0 Å². The summed E-state index contributed by atoms with van der Waals surface area (Å²) < 4.78 is 11.4. The predicted octanol–water partition coefficient (Wildman–Crippen LogP) is -0.677. The van der Waals surface area contributed by atoms with E-state index in [1.165, 1.54) is 20.0 Å². The Labute approximate surface area is 130 Å². The molecular weight excluding hydrogens is 312 g/mol. The van der Waals surface area contributed by atoms with Crippen LogP contribution >= 0.6 is 0 Å². The van der Waals surface area contributed by atoms with Gasteiger partial charge in [-0.3, -0.25) is 14.3 Å². The Morgan fingerprint density at radius 3 is 2.35 bits per heavy atom. The number of aromatic nitrogens is 2. The van der Waals surface area contributed by atoms with Crippen LogP contribution in [0.5, 0.6) is 0 Å². The lowest BCUT2D eigenvalue weighted by Crippen LogP contribution is -2.37. The van der Waals surface area contributed by atoms with Crippen molar-refractivity contribution in [2.24, 2.45) is 0 Å².